The molecule has 1 unspecified atom stereocenters. The van der Waals surface area contributed by atoms with E-state index in [-0.39, 0.29) is 17.1 Å². The lowest BCUT2D eigenvalue weighted by molar-refractivity contribution is -0.134. The fourth-order valence-electron chi connectivity index (χ4n) is 3.08. The number of hydrogen-bond donors (Lipinski definition) is 0. The second-order valence-corrected chi connectivity index (χ2v) is 10.2. The molecule has 1 atom stereocenters. The molecule has 2 aromatic carbocycles. The minimum absolute atomic E-state index is 0.0594. The summed E-state index contributed by atoms with van der Waals surface area (Å²) < 4.78 is 28.4. The Morgan fingerprint density at radius 2 is 1.83 bits per heavy atom. The maximum Gasteiger partial charge on any atom is 0.339 e. The van der Waals surface area contributed by atoms with Crippen LogP contribution in [0.5, 0.6) is 0 Å². The first kappa shape index (κ1) is 21.9. The number of carbonyl (C=O) groups excluding carboxylic acids is 2. The summed E-state index contributed by atoms with van der Waals surface area (Å²) >= 11 is 1.27. The molecule has 0 spiro atoms. The van der Waals surface area contributed by atoms with Crippen LogP contribution in [0.1, 0.15) is 22.3 Å². The lowest BCUT2D eigenvalue weighted by Crippen LogP contribution is -2.40. The van der Waals surface area contributed by atoms with Crippen molar-refractivity contribution in [2.75, 3.05) is 25.2 Å². The van der Waals surface area contributed by atoms with E-state index in [9.17, 15) is 23.3 Å². The van der Waals surface area contributed by atoms with Crippen LogP contribution in [0.2, 0.25) is 0 Å². The van der Waals surface area contributed by atoms with Crippen molar-refractivity contribution in [1.29, 1.82) is 5.26 Å². The number of amides is 1. The standard InChI is InChI=1S/C21H20N2O5S2/c1-23(16-10-11-30(26,27)14-16)20(24)13-28-21(25)17-7-3-5-9-19(17)29-18-8-4-2-6-15(18)12-22/h2-9,16H,10-11,13-14H2,1H3. The zero-order chi connectivity index (χ0) is 21.7. The average molecular weight is 445 g/mol. The first-order chi connectivity index (χ1) is 14.3. The van der Waals surface area contributed by atoms with Gasteiger partial charge in [0, 0.05) is 22.9 Å². The van der Waals surface area contributed by atoms with Gasteiger partial charge in [0.05, 0.1) is 22.6 Å². The van der Waals surface area contributed by atoms with Crippen LogP contribution in [0.4, 0.5) is 0 Å². The van der Waals surface area contributed by atoms with Crippen LogP contribution in [-0.2, 0) is 19.4 Å². The van der Waals surface area contributed by atoms with Gasteiger partial charge in [0.2, 0.25) is 0 Å². The largest absolute Gasteiger partial charge is 0.452 e. The number of nitrogens with zero attached hydrogens (tertiary/aromatic N) is 2. The van der Waals surface area contributed by atoms with Crippen molar-refractivity contribution in [3.63, 3.8) is 0 Å². The number of nitriles is 1. The Balaban J connectivity index is 1.66. The predicted molar refractivity (Wildman–Crippen MR) is 112 cm³/mol. The predicted octanol–water partition coefficient (Wildman–Crippen LogP) is 2.51. The maximum atomic E-state index is 12.6. The van der Waals surface area contributed by atoms with E-state index in [2.05, 4.69) is 6.07 Å². The fraction of sp³-hybridized carbons (Fsp3) is 0.286. The fourth-order valence-corrected chi connectivity index (χ4v) is 5.87. The van der Waals surface area contributed by atoms with Gasteiger partial charge < -0.3 is 9.64 Å². The molecule has 0 bridgehead atoms. The number of likely N-dealkylation sites (N-methyl/N-ethyl adjacent to an activating group) is 1. The number of benzene rings is 2. The number of esters is 1. The minimum Gasteiger partial charge on any atom is -0.452 e. The first-order valence-electron chi connectivity index (χ1n) is 9.20. The molecule has 0 N–H and O–H groups in total. The summed E-state index contributed by atoms with van der Waals surface area (Å²) in [5.74, 6) is -1.12. The molecule has 3 rings (SSSR count). The maximum absolute atomic E-state index is 12.6. The molecule has 2 aromatic rings. The molecule has 7 nitrogen and oxygen atoms in total. The van der Waals surface area contributed by atoms with E-state index in [1.807, 2.05) is 6.07 Å². The van der Waals surface area contributed by atoms with Crippen LogP contribution in [-0.4, -0.2) is 56.4 Å². The molecule has 156 valence electrons. The van der Waals surface area contributed by atoms with E-state index in [4.69, 9.17) is 4.74 Å². The Labute approximate surface area is 179 Å². The quantitative estimate of drug-likeness (QED) is 0.631. The van der Waals surface area contributed by atoms with Crippen LogP contribution in [0.3, 0.4) is 0 Å². The Morgan fingerprint density at radius 1 is 1.17 bits per heavy atom. The molecule has 1 aliphatic rings. The molecule has 0 saturated carbocycles. The Hall–Kier alpha value is -2.83. The third-order valence-electron chi connectivity index (χ3n) is 4.81. The van der Waals surface area contributed by atoms with Gasteiger partial charge in [-0.25, -0.2) is 13.2 Å². The van der Waals surface area contributed by atoms with Gasteiger partial charge in [0.1, 0.15) is 6.07 Å². The van der Waals surface area contributed by atoms with E-state index in [0.29, 0.717) is 21.8 Å². The third kappa shape index (κ3) is 5.20. The molecule has 0 aromatic heterocycles. The van der Waals surface area contributed by atoms with Crippen molar-refractivity contribution in [1.82, 2.24) is 4.90 Å². The van der Waals surface area contributed by atoms with Crippen molar-refractivity contribution in [2.24, 2.45) is 0 Å². The molecular formula is C21H20N2O5S2. The van der Waals surface area contributed by atoms with Gasteiger partial charge in [0.25, 0.3) is 5.91 Å². The van der Waals surface area contributed by atoms with Crippen molar-refractivity contribution in [3.8, 4) is 6.07 Å². The van der Waals surface area contributed by atoms with Crippen molar-refractivity contribution < 1.29 is 22.7 Å². The molecule has 30 heavy (non-hydrogen) atoms. The molecule has 1 amide bonds. The number of hydrogen-bond acceptors (Lipinski definition) is 7. The Morgan fingerprint density at radius 3 is 2.50 bits per heavy atom. The number of ether oxygens (including phenoxy) is 1. The van der Waals surface area contributed by atoms with Gasteiger partial charge in [-0.2, -0.15) is 5.26 Å². The zero-order valence-electron chi connectivity index (χ0n) is 16.3. The molecule has 9 heteroatoms. The molecule has 1 saturated heterocycles. The van der Waals surface area contributed by atoms with Crippen molar-refractivity contribution in [2.45, 2.75) is 22.3 Å². The molecule has 0 aliphatic carbocycles. The van der Waals surface area contributed by atoms with Gasteiger partial charge in [0.15, 0.2) is 16.4 Å². The summed E-state index contributed by atoms with van der Waals surface area (Å²) in [6.07, 6.45) is 0.385. The molecule has 1 heterocycles. The van der Waals surface area contributed by atoms with Gasteiger partial charge in [-0.3, -0.25) is 4.79 Å². The van der Waals surface area contributed by atoms with E-state index >= 15 is 0 Å². The summed E-state index contributed by atoms with van der Waals surface area (Å²) in [7, 11) is -1.60. The van der Waals surface area contributed by atoms with E-state index < -0.39 is 34.4 Å². The normalized spacial score (nSPS) is 17.1. The number of sulfone groups is 1. The van der Waals surface area contributed by atoms with Crippen LogP contribution in [0, 0.1) is 11.3 Å². The monoisotopic (exact) mass is 444 g/mol. The summed E-state index contributed by atoms with van der Waals surface area (Å²) in [5.41, 5.74) is 0.781. The average Bonchev–Trinajstić information content (AvgIpc) is 3.11. The van der Waals surface area contributed by atoms with E-state index in [1.165, 1.54) is 23.7 Å². The lowest BCUT2D eigenvalue weighted by Gasteiger charge is -2.23. The third-order valence-corrected chi connectivity index (χ3v) is 7.71. The molecular weight excluding hydrogens is 424 g/mol. The van der Waals surface area contributed by atoms with Crippen LogP contribution < -0.4 is 0 Å². The minimum atomic E-state index is -3.12. The summed E-state index contributed by atoms with van der Waals surface area (Å²) in [4.78, 5) is 27.6. The second kappa shape index (κ2) is 9.32. The van der Waals surface area contributed by atoms with Gasteiger partial charge in [-0.1, -0.05) is 36.0 Å². The Bertz CT molecular complexity index is 1110. The van der Waals surface area contributed by atoms with Gasteiger partial charge >= 0.3 is 5.97 Å². The SMILES string of the molecule is CN(C(=O)COC(=O)c1ccccc1Sc1ccccc1C#N)C1CCS(=O)(=O)C1. The summed E-state index contributed by atoms with van der Waals surface area (Å²) in [6.45, 7) is -0.473. The molecule has 1 aliphatic heterocycles. The highest BCUT2D eigenvalue weighted by atomic mass is 32.2. The Kier molecular flexibility index (Phi) is 6.80. The second-order valence-electron chi connectivity index (χ2n) is 6.84. The smallest absolute Gasteiger partial charge is 0.339 e. The number of carbonyl (C=O) groups is 2. The van der Waals surface area contributed by atoms with Crippen LogP contribution >= 0.6 is 11.8 Å². The van der Waals surface area contributed by atoms with Gasteiger partial charge in [-0.05, 0) is 30.7 Å². The lowest BCUT2D eigenvalue weighted by atomic mass is 10.2. The van der Waals surface area contributed by atoms with E-state index in [1.54, 1.807) is 42.5 Å². The van der Waals surface area contributed by atoms with Gasteiger partial charge in [-0.15, -0.1) is 0 Å². The van der Waals surface area contributed by atoms with Crippen LogP contribution in [0.25, 0.3) is 0 Å². The highest BCUT2D eigenvalue weighted by Gasteiger charge is 2.33. The zero-order valence-corrected chi connectivity index (χ0v) is 17.9. The van der Waals surface area contributed by atoms with E-state index in [0.717, 1.165) is 0 Å². The highest BCUT2D eigenvalue weighted by Crippen LogP contribution is 2.32. The molecule has 0 radical (unpaired) electrons. The van der Waals surface area contributed by atoms with Crippen LogP contribution in [0.15, 0.2) is 58.3 Å². The topological polar surface area (TPSA) is 105 Å². The summed E-state index contributed by atoms with van der Waals surface area (Å²) in [5, 5.41) is 9.26. The first-order valence-corrected chi connectivity index (χ1v) is 11.8. The highest BCUT2D eigenvalue weighted by molar-refractivity contribution is 7.99. The molecule has 1 fully saturated rings. The summed E-state index contributed by atoms with van der Waals surface area (Å²) in [6, 6.07) is 15.6. The number of rotatable bonds is 6. The van der Waals surface area contributed by atoms with Crippen molar-refractivity contribution in [3.05, 3.63) is 59.7 Å². The van der Waals surface area contributed by atoms with Crippen molar-refractivity contribution >= 4 is 33.5 Å².